The van der Waals surface area contributed by atoms with Gasteiger partial charge in [-0.1, -0.05) is 231 Å². The Hall–Kier alpha value is -11.0. The number of furan rings is 1. The Morgan fingerprint density at radius 3 is 0.952 bits per heavy atom. The fourth-order valence-corrected chi connectivity index (χ4v) is 13.6. The van der Waals surface area contributed by atoms with E-state index in [1.807, 2.05) is 0 Å². The van der Waals surface area contributed by atoms with Crippen molar-refractivity contribution in [3.05, 3.63) is 303 Å². The van der Waals surface area contributed by atoms with Crippen LogP contribution in [0.15, 0.2) is 308 Å². The minimum Gasteiger partial charge on any atom is -0.456 e. The molecule has 0 radical (unpaired) electrons. The van der Waals surface area contributed by atoms with Crippen molar-refractivity contribution in [1.82, 2.24) is 0 Å². The number of anilines is 6. The maximum Gasteiger partial charge on any atom is 0.136 e. The van der Waals surface area contributed by atoms with Crippen molar-refractivity contribution >= 4 is 142 Å². The van der Waals surface area contributed by atoms with Gasteiger partial charge in [0.1, 0.15) is 11.2 Å². The zero-order valence-corrected chi connectivity index (χ0v) is 45.2. The normalized spacial score (nSPS) is 11.9. The molecule has 386 valence electrons. The van der Waals surface area contributed by atoms with Gasteiger partial charge in [0.25, 0.3) is 0 Å². The summed E-state index contributed by atoms with van der Waals surface area (Å²) in [5, 5.41) is 21.2. The fourth-order valence-electron chi connectivity index (χ4n) is 13.6. The van der Waals surface area contributed by atoms with Crippen LogP contribution in [-0.2, 0) is 0 Å². The number of nitrogens with zero attached hydrogens (tertiary/aromatic N) is 2. The van der Waals surface area contributed by atoms with Crippen molar-refractivity contribution in [3.8, 4) is 22.3 Å². The van der Waals surface area contributed by atoms with E-state index in [0.29, 0.717) is 0 Å². The van der Waals surface area contributed by atoms with Gasteiger partial charge < -0.3 is 14.2 Å². The molecule has 0 spiro atoms. The van der Waals surface area contributed by atoms with E-state index < -0.39 is 0 Å². The maximum absolute atomic E-state index is 7.03. The van der Waals surface area contributed by atoms with Crippen LogP contribution in [0.2, 0.25) is 0 Å². The van der Waals surface area contributed by atoms with Crippen LogP contribution in [0.5, 0.6) is 0 Å². The molecule has 83 heavy (non-hydrogen) atoms. The molecule has 0 amide bonds. The molecule has 16 aromatic carbocycles. The standard InChI is InChI=1S/C80H50N2O/c1-3-25-57(26-4-1)81(79-71-37-17-13-33-65(71)63-31-11-15-35-69(63)77(79)67-39-19-23-51-21-7-9-29-61(51)67)59-43-41-53-47-73-74-48-54-42-44-60(46-56(54)50-76(74)83-75(73)49-55(53)45-59)82(58-27-5-2-6-28-58)80-72-38-18-14-34-66(72)64-32-12-16-36-70(64)78(80)68-40-20-24-52-22-8-10-30-62(52)68/h1-50H. The molecule has 0 aliphatic carbocycles. The first kappa shape index (κ1) is 46.9. The molecule has 17 aromatic rings. The molecule has 1 aromatic heterocycles. The fraction of sp³-hybridized carbons (Fsp3) is 0. The van der Waals surface area contributed by atoms with E-state index >= 15 is 0 Å². The second kappa shape index (κ2) is 18.8. The van der Waals surface area contributed by atoms with Gasteiger partial charge in [0, 0.05) is 55.4 Å². The van der Waals surface area contributed by atoms with E-state index in [1.54, 1.807) is 0 Å². The monoisotopic (exact) mass is 1050 g/mol. The first-order chi connectivity index (χ1) is 41.2. The van der Waals surface area contributed by atoms with Gasteiger partial charge in [-0.15, -0.1) is 0 Å². The highest BCUT2D eigenvalue weighted by Gasteiger charge is 2.27. The van der Waals surface area contributed by atoms with Gasteiger partial charge >= 0.3 is 0 Å². The lowest BCUT2D eigenvalue weighted by molar-refractivity contribution is 0.670. The Balaban J connectivity index is 0.852. The van der Waals surface area contributed by atoms with Crippen molar-refractivity contribution in [2.75, 3.05) is 9.80 Å². The number of benzene rings is 16. The van der Waals surface area contributed by atoms with Crippen LogP contribution in [0.4, 0.5) is 34.1 Å². The maximum atomic E-state index is 7.03. The lowest BCUT2D eigenvalue weighted by atomic mass is 9.88. The highest BCUT2D eigenvalue weighted by Crippen LogP contribution is 2.53. The second-order valence-corrected chi connectivity index (χ2v) is 21.9. The highest BCUT2D eigenvalue weighted by atomic mass is 16.3. The van der Waals surface area contributed by atoms with Crippen LogP contribution in [0.3, 0.4) is 0 Å². The smallest absolute Gasteiger partial charge is 0.136 e. The first-order valence-electron chi connectivity index (χ1n) is 28.6. The average Bonchev–Trinajstić information content (AvgIpc) is 3.49. The summed E-state index contributed by atoms with van der Waals surface area (Å²) in [5.74, 6) is 0. The molecule has 3 nitrogen and oxygen atoms in total. The molecule has 17 rings (SSSR count). The Bertz CT molecular complexity index is 5120. The molecule has 0 fully saturated rings. The molecule has 0 saturated heterocycles. The van der Waals surface area contributed by atoms with Crippen LogP contribution >= 0.6 is 0 Å². The lowest BCUT2D eigenvalue weighted by Gasteiger charge is -2.31. The molecule has 3 heteroatoms. The van der Waals surface area contributed by atoms with E-state index in [1.165, 1.54) is 86.9 Å². The molecule has 0 saturated carbocycles. The van der Waals surface area contributed by atoms with Crippen molar-refractivity contribution in [1.29, 1.82) is 0 Å². The van der Waals surface area contributed by atoms with E-state index in [4.69, 9.17) is 4.42 Å². The Labute approximate surface area is 479 Å². The summed E-state index contributed by atoms with van der Waals surface area (Å²) in [6, 6.07) is 111. The lowest BCUT2D eigenvalue weighted by Crippen LogP contribution is -2.12. The first-order valence-corrected chi connectivity index (χ1v) is 28.6. The SMILES string of the molecule is c1ccc(N(c2ccc3cc4c(cc3c2)oc2cc3cc(N(c5ccccc5)c5c(-c6cccc7ccccc67)c6ccccc6c6ccccc56)ccc3cc24)c2c(-c3cccc4ccccc34)c3ccccc3c3ccccc23)cc1. The predicted molar refractivity (Wildman–Crippen MR) is 354 cm³/mol. The van der Waals surface area contributed by atoms with Gasteiger partial charge in [0.15, 0.2) is 0 Å². The average molecular weight is 1060 g/mol. The van der Waals surface area contributed by atoms with Crippen LogP contribution in [-0.4, -0.2) is 0 Å². The van der Waals surface area contributed by atoms with Gasteiger partial charge in [-0.3, -0.25) is 0 Å². The van der Waals surface area contributed by atoms with E-state index in [9.17, 15) is 0 Å². The van der Waals surface area contributed by atoms with Gasteiger partial charge in [0.2, 0.25) is 0 Å². The zero-order valence-electron chi connectivity index (χ0n) is 45.2. The molecule has 0 unspecified atom stereocenters. The second-order valence-electron chi connectivity index (χ2n) is 21.9. The summed E-state index contributed by atoms with van der Waals surface area (Å²) in [5.41, 5.74) is 13.1. The molecule has 0 N–H and O–H groups in total. The quantitative estimate of drug-likeness (QED) is 0.141. The van der Waals surface area contributed by atoms with Gasteiger partial charge in [-0.2, -0.15) is 0 Å². The van der Waals surface area contributed by atoms with Gasteiger partial charge in [-0.25, -0.2) is 0 Å². The third kappa shape index (κ3) is 7.45. The molecule has 0 atom stereocenters. The molecular weight excluding hydrogens is 1000 g/mol. The van der Waals surface area contributed by atoms with Crippen LogP contribution in [0, 0.1) is 0 Å². The third-order valence-corrected chi connectivity index (χ3v) is 17.3. The minimum absolute atomic E-state index is 0.854. The summed E-state index contributed by atoms with van der Waals surface area (Å²) < 4.78 is 7.03. The summed E-state index contributed by atoms with van der Waals surface area (Å²) in [7, 11) is 0. The van der Waals surface area contributed by atoms with Crippen molar-refractivity contribution in [2.24, 2.45) is 0 Å². The van der Waals surface area contributed by atoms with Crippen LogP contribution in [0.1, 0.15) is 0 Å². The van der Waals surface area contributed by atoms with Crippen molar-refractivity contribution < 1.29 is 4.42 Å². The number of rotatable bonds is 8. The summed E-state index contributed by atoms with van der Waals surface area (Å²) in [6.07, 6.45) is 0. The van der Waals surface area contributed by atoms with Crippen LogP contribution < -0.4 is 9.80 Å². The van der Waals surface area contributed by atoms with E-state index in [2.05, 4.69) is 313 Å². The van der Waals surface area contributed by atoms with Gasteiger partial charge in [0.05, 0.1) is 11.4 Å². The Kier molecular flexibility index (Phi) is 10.6. The summed E-state index contributed by atoms with van der Waals surface area (Å²) in [4.78, 5) is 4.95. The minimum atomic E-state index is 0.854. The molecular formula is C80H50N2O. The molecule has 0 bridgehead atoms. The molecule has 0 aliphatic rings. The van der Waals surface area contributed by atoms with Gasteiger partial charge in [-0.05, 0) is 159 Å². The Morgan fingerprint density at radius 2 is 0.530 bits per heavy atom. The largest absolute Gasteiger partial charge is 0.456 e. The molecule has 1 heterocycles. The van der Waals surface area contributed by atoms with E-state index in [0.717, 1.165) is 77.6 Å². The topological polar surface area (TPSA) is 19.6 Å². The number of fused-ring (bicyclic) bond motifs is 13. The molecule has 0 aliphatic heterocycles. The third-order valence-electron chi connectivity index (χ3n) is 17.3. The zero-order chi connectivity index (χ0) is 54.5. The van der Waals surface area contributed by atoms with Crippen molar-refractivity contribution in [3.63, 3.8) is 0 Å². The Morgan fingerprint density at radius 1 is 0.193 bits per heavy atom. The number of hydrogen-bond acceptors (Lipinski definition) is 3. The predicted octanol–water partition coefficient (Wildman–Crippen LogP) is 23.1. The summed E-state index contributed by atoms with van der Waals surface area (Å²) >= 11 is 0. The van der Waals surface area contributed by atoms with Crippen molar-refractivity contribution in [2.45, 2.75) is 0 Å². The highest BCUT2D eigenvalue weighted by molar-refractivity contribution is 6.26. The number of para-hydroxylation sites is 2. The number of hydrogen-bond donors (Lipinski definition) is 0. The summed E-state index contributed by atoms with van der Waals surface area (Å²) in [6.45, 7) is 0. The van der Waals surface area contributed by atoms with Crippen LogP contribution in [0.25, 0.3) is 130 Å². The van der Waals surface area contributed by atoms with E-state index in [-0.39, 0.29) is 0 Å².